The molecule has 0 aromatic heterocycles. The van der Waals surface area contributed by atoms with Crippen LogP contribution in [0.2, 0.25) is 0 Å². The molecule has 108 valence electrons. The predicted molar refractivity (Wildman–Crippen MR) is 76.1 cm³/mol. The molecule has 5 heteroatoms. The normalized spacial score (nSPS) is 25.9. The van der Waals surface area contributed by atoms with Crippen LogP contribution in [0.25, 0.3) is 0 Å². The molecule has 1 saturated heterocycles. The summed E-state index contributed by atoms with van der Waals surface area (Å²) in [5.74, 6) is 1.14. The van der Waals surface area contributed by atoms with E-state index < -0.39 is 10.0 Å². The van der Waals surface area contributed by atoms with Gasteiger partial charge in [-0.3, -0.25) is 0 Å². The Labute approximate surface area is 112 Å². The van der Waals surface area contributed by atoms with E-state index in [4.69, 9.17) is 0 Å². The Morgan fingerprint density at radius 3 is 2.61 bits per heavy atom. The second kappa shape index (κ2) is 6.87. The van der Waals surface area contributed by atoms with Crippen molar-refractivity contribution >= 4 is 10.0 Å². The zero-order valence-electron chi connectivity index (χ0n) is 12.1. The number of nitrogens with zero attached hydrogens (tertiary/aromatic N) is 1. The standard InChI is InChI=1S/C13H28N2O2S/c1-5-11(2)13(14-3)9-12-7-6-8-15(10-12)18(4,16)17/h11-14H,5-10H2,1-4H3. The molecule has 0 bridgehead atoms. The monoisotopic (exact) mass is 276 g/mol. The molecular formula is C13H28N2O2S. The SMILES string of the molecule is CCC(C)C(CC1CCCN(S(C)(=O)=O)C1)NC. The van der Waals surface area contributed by atoms with E-state index in [-0.39, 0.29) is 0 Å². The largest absolute Gasteiger partial charge is 0.317 e. The molecule has 3 unspecified atom stereocenters. The molecule has 1 rings (SSSR count). The third-order valence-electron chi connectivity index (χ3n) is 4.24. The molecule has 0 aromatic rings. The molecule has 1 N–H and O–H groups in total. The Morgan fingerprint density at radius 1 is 1.44 bits per heavy atom. The maximum Gasteiger partial charge on any atom is 0.211 e. The van der Waals surface area contributed by atoms with Gasteiger partial charge in [0.05, 0.1) is 6.26 Å². The van der Waals surface area contributed by atoms with Gasteiger partial charge in [0.25, 0.3) is 0 Å². The summed E-state index contributed by atoms with van der Waals surface area (Å²) in [5.41, 5.74) is 0. The summed E-state index contributed by atoms with van der Waals surface area (Å²) >= 11 is 0. The first-order chi connectivity index (χ1) is 8.38. The quantitative estimate of drug-likeness (QED) is 0.803. The summed E-state index contributed by atoms with van der Waals surface area (Å²) in [5, 5.41) is 3.39. The zero-order valence-corrected chi connectivity index (χ0v) is 13.0. The maximum absolute atomic E-state index is 11.6. The lowest BCUT2D eigenvalue weighted by Crippen LogP contribution is -2.42. The lowest BCUT2D eigenvalue weighted by molar-refractivity contribution is 0.220. The molecule has 1 aliphatic heterocycles. The number of hydrogen-bond donors (Lipinski definition) is 1. The van der Waals surface area contributed by atoms with Gasteiger partial charge in [-0.15, -0.1) is 0 Å². The number of hydrogen-bond acceptors (Lipinski definition) is 3. The summed E-state index contributed by atoms with van der Waals surface area (Å²) in [4.78, 5) is 0. The van der Waals surface area contributed by atoms with Gasteiger partial charge in [0.15, 0.2) is 0 Å². The van der Waals surface area contributed by atoms with E-state index >= 15 is 0 Å². The molecule has 0 radical (unpaired) electrons. The van der Waals surface area contributed by atoms with E-state index in [1.807, 2.05) is 7.05 Å². The van der Waals surface area contributed by atoms with Crippen molar-refractivity contribution in [3.63, 3.8) is 0 Å². The van der Waals surface area contributed by atoms with Crippen LogP contribution in [0.1, 0.15) is 39.5 Å². The summed E-state index contributed by atoms with van der Waals surface area (Å²) in [7, 11) is -1.01. The highest BCUT2D eigenvalue weighted by Crippen LogP contribution is 2.25. The third kappa shape index (κ3) is 4.52. The van der Waals surface area contributed by atoms with Gasteiger partial charge in [-0.1, -0.05) is 20.3 Å². The number of rotatable bonds is 6. The van der Waals surface area contributed by atoms with Gasteiger partial charge in [0.2, 0.25) is 10.0 Å². The lowest BCUT2D eigenvalue weighted by atomic mass is 9.86. The number of nitrogens with one attached hydrogen (secondary N) is 1. The molecule has 0 amide bonds. The second-order valence-electron chi connectivity index (χ2n) is 5.65. The van der Waals surface area contributed by atoms with Gasteiger partial charge in [-0.25, -0.2) is 12.7 Å². The highest BCUT2D eigenvalue weighted by atomic mass is 32.2. The van der Waals surface area contributed by atoms with Crippen molar-refractivity contribution in [3.05, 3.63) is 0 Å². The van der Waals surface area contributed by atoms with Gasteiger partial charge >= 0.3 is 0 Å². The van der Waals surface area contributed by atoms with Crippen molar-refractivity contribution in [2.45, 2.75) is 45.6 Å². The van der Waals surface area contributed by atoms with Gasteiger partial charge < -0.3 is 5.32 Å². The highest BCUT2D eigenvalue weighted by Gasteiger charge is 2.28. The van der Waals surface area contributed by atoms with Crippen LogP contribution in [0, 0.1) is 11.8 Å². The van der Waals surface area contributed by atoms with Crippen molar-refractivity contribution in [3.8, 4) is 0 Å². The van der Waals surface area contributed by atoms with Crippen LogP contribution in [-0.2, 0) is 10.0 Å². The van der Waals surface area contributed by atoms with Crippen LogP contribution in [0.3, 0.4) is 0 Å². The second-order valence-corrected chi connectivity index (χ2v) is 7.63. The Kier molecular flexibility index (Phi) is 6.08. The summed E-state index contributed by atoms with van der Waals surface area (Å²) < 4.78 is 24.8. The number of piperidine rings is 1. The average molecular weight is 276 g/mol. The zero-order chi connectivity index (χ0) is 13.8. The molecule has 0 aliphatic carbocycles. The van der Waals surface area contributed by atoms with Crippen LogP contribution in [0.15, 0.2) is 0 Å². The van der Waals surface area contributed by atoms with E-state index in [1.54, 1.807) is 4.31 Å². The Morgan fingerprint density at radius 2 is 2.11 bits per heavy atom. The molecule has 0 aromatic carbocycles. The minimum absolute atomic E-state index is 0.500. The topological polar surface area (TPSA) is 49.4 Å². The van der Waals surface area contributed by atoms with E-state index in [0.717, 1.165) is 25.7 Å². The van der Waals surface area contributed by atoms with Gasteiger partial charge in [-0.2, -0.15) is 0 Å². The fourth-order valence-electron chi connectivity index (χ4n) is 2.80. The minimum Gasteiger partial charge on any atom is -0.317 e. The molecule has 0 saturated carbocycles. The Bertz CT molecular complexity index is 343. The van der Waals surface area contributed by atoms with Crippen LogP contribution >= 0.6 is 0 Å². The van der Waals surface area contributed by atoms with E-state index in [2.05, 4.69) is 19.2 Å². The first-order valence-electron chi connectivity index (χ1n) is 7.00. The molecule has 1 aliphatic rings. The fourth-order valence-corrected chi connectivity index (χ4v) is 3.74. The smallest absolute Gasteiger partial charge is 0.211 e. The van der Waals surface area contributed by atoms with E-state index in [1.165, 1.54) is 6.26 Å². The molecule has 0 spiro atoms. The molecular weight excluding hydrogens is 248 g/mol. The third-order valence-corrected chi connectivity index (χ3v) is 5.51. The fraction of sp³-hybridized carbons (Fsp3) is 1.00. The molecule has 3 atom stereocenters. The van der Waals surface area contributed by atoms with Crippen LogP contribution in [-0.4, -0.2) is 45.2 Å². The van der Waals surface area contributed by atoms with Crippen LogP contribution in [0.4, 0.5) is 0 Å². The first-order valence-corrected chi connectivity index (χ1v) is 8.85. The van der Waals surface area contributed by atoms with Crippen molar-refractivity contribution in [1.82, 2.24) is 9.62 Å². The minimum atomic E-state index is -3.01. The summed E-state index contributed by atoms with van der Waals surface area (Å²) in [6.45, 7) is 5.87. The Hall–Kier alpha value is -0.130. The summed E-state index contributed by atoms with van der Waals surface area (Å²) in [6.07, 6.45) is 5.71. The maximum atomic E-state index is 11.6. The van der Waals surface area contributed by atoms with Crippen molar-refractivity contribution in [2.24, 2.45) is 11.8 Å². The van der Waals surface area contributed by atoms with Crippen LogP contribution in [0.5, 0.6) is 0 Å². The molecule has 1 fully saturated rings. The van der Waals surface area contributed by atoms with Gasteiger partial charge in [-0.05, 0) is 38.1 Å². The number of sulfonamides is 1. The van der Waals surface area contributed by atoms with E-state index in [0.29, 0.717) is 31.0 Å². The van der Waals surface area contributed by atoms with Gasteiger partial charge in [0, 0.05) is 19.1 Å². The van der Waals surface area contributed by atoms with Crippen molar-refractivity contribution in [1.29, 1.82) is 0 Å². The predicted octanol–water partition coefficient (Wildman–Crippen LogP) is 1.68. The lowest BCUT2D eigenvalue weighted by Gasteiger charge is -2.34. The average Bonchev–Trinajstić information content (AvgIpc) is 2.34. The highest BCUT2D eigenvalue weighted by molar-refractivity contribution is 7.88. The van der Waals surface area contributed by atoms with E-state index in [9.17, 15) is 8.42 Å². The molecule has 1 heterocycles. The Balaban J connectivity index is 2.56. The van der Waals surface area contributed by atoms with Crippen molar-refractivity contribution in [2.75, 3.05) is 26.4 Å². The van der Waals surface area contributed by atoms with Gasteiger partial charge in [0.1, 0.15) is 0 Å². The first kappa shape index (κ1) is 15.9. The molecule has 18 heavy (non-hydrogen) atoms. The van der Waals surface area contributed by atoms with Crippen LogP contribution < -0.4 is 5.32 Å². The van der Waals surface area contributed by atoms with Crippen molar-refractivity contribution < 1.29 is 8.42 Å². The summed E-state index contributed by atoms with van der Waals surface area (Å²) in [6, 6.07) is 0.500. The molecule has 4 nitrogen and oxygen atoms in total.